The molecule has 0 saturated heterocycles. The molecule has 1 aromatic heterocycles. The van der Waals surface area contributed by atoms with Crippen molar-refractivity contribution in [1.29, 1.82) is 0 Å². The third kappa shape index (κ3) is 0.744. The Morgan fingerprint density at radius 3 is 3.00 bits per heavy atom. The highest BCUT2D eigenvalue weighted by atomic mass is 15.2. The van der Waals surface area contributed by atoms with Gasteiger partial charge >= 0.3 is 0 Å². The summed E-state index contributed by atoms with van der Waals surface area (Å²) in [7, 11) is 0. The molecule has 3 heteroatoms. The van der Waals surface area contributed by atoms with Gasteiger partial charge in [0.1, 0.15) is 0 Å². The van der Waals surface area contributed by atoms with Crippen molar-refractivity contribution in [2.75, 3.05) is 0 Å². The van der Waals surface area contributed by atoms with Crippen molar-refractivity contribution in [3.8, 4) is 0 Å². The molecule has 0 radical (unpaired) electrons. The first-order chi connectivity index (χ1) is 5.45. The lowest BCUT2D eigenvalue weighted by Crippen LogP contribution is -2.03. The van der Waals surface area contributed by atoms with Crippen LogP contribution in [0, 0.1) is 0 Å². The fourth-order valence-electron chi connectivity index (χ4n) is 1.77. The number of hydrogen-bond acceptors (Lipinski definition) is 2. The van der Waals surface area contributed by atoms with Crippen molar-refractivity contribution in [2.45, 2.75) is 31.8 Å². The molecule has 3 nitrogen and oxygen atoms in total. The molecule has 0 atom stereocenters. The van der Waals surface area contributed by atoms with Gasteiger partial charge in [0.2, 0.25) is 0 Å². The summed E-state index contributed by atoms with van der Waals surface area (Å²) in [5.74, 6) is 0.787. The Kier molecular flexibility index (Phi) is 0.973. The van der Waals surface area contributed by atoms with Crippen molar-refractivity contribution in [1.82, 2.24) is 15.5 Å². The normalized spacial score (nSPS) is 22.2. The van der Waals surface area contributed by atoms with Crippen LogP contribution in [0.1, 0.15) is 35.7 Å². The van der Waals surface area contributed by atoms with Gasteiger partial charge in [-0.25, -0.2) is 0 Å². The summed E-state index contributed by atoms with van der Waals surface area (Å²) in [4.78, 5) is 0. The monoisotopic (exact) mass is 149 g/mol. The number of nitrogens with one attached hydrogen (secondary N) is 2. The molecule has 2 aliphatic rings. The Bertz CT molecular complexity index is 286. The molecular weight excluding hydrogens is 138 g/mol. The van der Waals surface area contributed by atoms with E-state index in [0.717, 1.165) is 19.0 Å². The van der Waals surface area contributed by atoms with E-state index in [9.17, 15) is 0 Å². The standard InChI is InChI=1S/C8H11N3/c1-2-5(1)8-6-3-9-4-7(6)10-11-8/h5,9H,1-4H2,(H,10,11). The highest BCUT2D eigenvalue weighted by Crippen LogP contribution is 2.41. The highest BCUT2D eigenvalue weighted by Gasteiger charge is 2.31. The minimum absolute atomic E-state index is 0.787. The summed E-state index contributed by atoms with van der Waals surface area (Å²) in [6, 6.07) is 0. The Hall–Kier alpha value is -0.830. The molecule has 0 aromatic carbocycles. The van der Waals surface area contributed by atoms with Crippen LogP contribution in [0.5, 0.6) is 0 Å². The quantitative estimate of drug-likeness (QED) is 0.622. The molecule has 0 spiro atoms. The number of rotatable bonds is 1. The number of aromatic nitrogens is 2. The number of hydrogen-bond donors (Lipinski definition) is 2. The second kappa shape index (κ2) is 1.85. The Morgan fingerprint density at radius 2 is 2.18 bits per heavy atom. The van der Waals surface area contributed by atoms with Crippen LogP contribution in [0.25, 0.3) is 0 Å². The van der Waals surface area contributed by atoms with Crippen LogP contribution < -0.4 is 5.32 Å². The lowest BCUT2D eigenvalue weighted by Gasteiger charge is -1.92. The van der Waals surface area contributed by atoms with Gasteiger partial charge in [-0.1, -0.05) is 0 Å². The van der Waals surface area contributed by atoms with Crippen molar-refractivity contribution < 1.29 is 0 Å². The first kappa shape index (κ1) is 5.77. The lowest BCUT2D eigenvalue weighted by atomic mass is 10.1. The van der Waals surface area contributed by atoms with Crippen LogP contribution in [-0.4, -0.2) is 10.2 Å². The lowest BCUT2D eigenvalue weighted by molar-refractivity contribution is 0.731. The summed E-state index contributed by atoms with van der Waals surface area (Å²) in [5.41, 5.74) is 4.10. The van der Waals surface area contributed by atoms with E-state index >= 15 is 0 Å². The average Bonchev–Trinajstić information content (AvgIpc) is 2.63. The first-order valence-electron chi connectivity index (χ1n) is 4.22. The number of H-pyrrole nitrogens is 1. The molecule has 2 heterocycles. The Balaban J connectivity index is 2.09. The zero-order valence-corrected chi connectivity index (χ0v) is 6.35. The average molecular weight is 149 g/mol. The highest BCUT2D eigenvalue weighted by molar-refractivity contribution is 5.32. The van der Waals surface area contributed by atoms with Gasteiger partial charge in [-0.15, -0.1) is 0 Å². The number of nitrogens with zero attached hydrogens (tertiary/aromatic N) is 1. The number of aromatic amines is 1. The maximum Gasteiger partial charge on any atom is 0.0701 e. The van der Waals surface area contributed by atoms with Crippen LogP contribution in [0.15, 0.2) is 0 Å². The predicted octanol–water partition coefficient (Wildman–Crippen LogP) is 0.890. The summed E-state index contributed by atoms with van der Waals surface area (Å²) in [6.07, 6.45) is 2.69. The van der Waals surface area contributed by atoms with Gasteiger partial charge in [0.05, 0.1) is 11.4 Å². The van der Waals surface area contributed by atoms with E-state index < -0.39 is 0 Å². The maximum absolute atomic E-state index is 4.33. The smallest absolute Gasteiger partial charge is 0.0701 e. The zero-order valence-electron chi connectivity index (χ0n) is 6.35. The van der Waals surface area contributed by atoms with Crippen LogP contribution in [-0.2, 0) is 13.1 Å². The summed E-state index contributed by atoms with van der Waals surface area (Å²) in [5, 5.41) is 10.7. The van der Waals surface area contributed by atoms with Gasteiger partial charge in [-0.2, -0.15) is 5.10 Å². The van der Waals surface area contributed by atoms with Crippen molar-refractivity contribution in [2.24, 2.45) is 0 Å². The van der Waals surface area contributed by atoms with Gasteiger partial charge in [-0.3, -0.25) is 5.10 Å². The Morgan fingerprint density at radius 1 is 1.27 bits per heavy atom. The third-order valence-corrected chi connectivity index (χ3v) is 2.55. The molecule has 0 bridgehead atoms. The molecule has 2 N–H and O–H groups in total. The van der Waals surface area contributed by atoms with Crippen molar-refractivity contribution in [3.63, 3.8) is 0 Å². The van der Waals surface area contributed by atoms with E-state index in [0.29, 0.717) is 0 Å². The molecule has 1 aromatic rings. The first-order valence-corrected chi connectivity index (χ1v) is 4.22. The summed E-state index contributed by atoms with van der Waals surface area (Å²) >= 11 is 0. The largest absolute Gasteiger partial charge is 0.307 e. The minimum Gasteiger partial charge on any atom is -0.307 e. The number of fused-ring (bicyclic) bond motifs is 1. The van der Waals surface area contributed by atoms with Gasteiger partial charge in [0.25, 0.3) is 0 Å². The van der Waals surface area contributed by atoms with E-state index in [-0.39, 0.29) is 0 Å². The predicted molar refractivity (Wildman–Crippen MR) is 41.1 cm³/mol. The van der Waals surface area contributed by atoms with Gasteiger partial charge < -0.3 is 5.32 Å². The fraction of sp³-hybridized carbons (Fsp3) is 0.625. The second-order valence-electron chi connectivity index (χ2n) is 3.44. The zero-order chi connectivity index (χ0) is 7.26. The van der Waals surface area contributed by atoms with Crippen LogP contribution in [0.2, 0.25) is 0 Å². The summed E-state index contributed by atoms with van der Waals surface area (Å²) < 4.78 is 0. The molecule has 1 aliphatic heterocycles. The maximum atomic E-state index is 4.33. The molecule has 1 fully saturated rings. The van der Waals surface area contributed by atoms with Crippen molar-refractivity contribution >= 4 is 0 Å². The van der Waals surface area contributed by atoms with Crippen molar-refractivity contribution in [3.05, 3.63) is 17.0 Å². The molecule has 0 unspecified atom stereocenters. The van der Waals surface area contributed by atoms with Crippen LogP contribution in [0.3, 0.4) is 0 Å². The van der Waals surface area contributed by atoms with E-state index in [1.807, 2.05) is 0 Å². The van der Waals surface area contributed by atoms with Gasteiger partial charge in [-0.05, 0) is 12.8 Å². The second-order valence-corrected chi connectivity index (χ2v) is 3.44. The van der Waals surface area contributed by atoms with Crippen LogP contribution >= 0.6 is 0 Å². The molecule has 58 valence electrons. The molecular formula is C8H11N3. The molecule has 1 saturated carbocycles. The molecule has 1 aliphatic carbocycles. The van der Waals surface area contributed by atoms with Gasteiger partial charge in [0.15, 0.2) is 0 Å². The van der Waals surface area contributed by atoms with E-state index in [1.54, 1.807) is 0 Å². The van der Waals surface area contributed by atoms with Crippen LogP contribution in [0.4, 0.5) is 0 Å². The topological polar surface area (TPSA) is 40.7 Å². The SMILES string of the molecule is C1NCc2c(C3CC3)n[nH]c21. The van der Waals surface area contributed by atoms with E-state index in [4.69, 9.17) is 0 Å². The summed E-state index contributed by atoms with van der Waals surface area (Å²) in [6.45, 7) is 2.01. The Labute approximate surface area is 65.2 Å². The minimum atomic E-state index is 0.787. The third-order valence-electron chi connectivity index (χ3n) is 2.55. The molecule has 11 heavy (non-hydrogen) atoms. The molecule has 0 amide bonds. The van der Waals surface area contributed by atoms with Gasteiger partial charge in [0, 0.05) is 24.6 Å². The van der Waals surface area contributed by atoms with E-state index in [2.05, 4.69) is 15.5 Å². The van der Waals surface area contributed by atoms with E-state index in [1.165, 1.54) is 29.8 Å². The molecule has 3 rings (SSSR count). The fourth-order valence-corrected chi connectivity index (χ4v) is 1.77.